The van der Waals surface area contributed by atoms with Crippen molar-refractivity contribution in [2.75, 3.05) is 0 Å². The number of allylic oxidation sites excluding steroid dienone is 1. The van der Waals surface area contributed by atoms with Gasteiger partial charge in [0.2, 0.25) is 0 Å². The van der Waals surface area contributed by atoms with E-state index in [0.29, 0.717) is 12.8 Å². The summed E-state index contributed by atoms with van der Waals surface area (Å²) >= 11 is 0. The Morgan fingerprint density at radius 2 is 2.05 bits per heavy atom. The molecular formula is C18H20O3. The van der Waals surface area contributed by atoms with Crippen LogP contribution in [0.5, 0.6) is 5.75 Å². The number of fused-ring (bicyclic) bond motifs is 2. The van der Waals surface area contributed by atoms with Crippen LogP contribution in [-0.4, -0.2) is 22.1 Å². The third-order valence-corrected chi connectivity index (χ3v) is 5.16. The molecule has 2 atom stereocenters. The minimum Gasteiger partial charge on any atom is -0.508 e. The summed E-state index contributed by atoms with van der Waals surface area (Å²) in [5.74, 6) is 0.277. The lowest BCUT2D eigenvalue weighted by Crippen LogP contribution is -2.43. The van der Waals surface area contributed by atoms with Crippen molar-refractivity contribution < 1.29 is 15.0 Å². The van der Waals surface area contributed by atoms with Crippen LogP contribution in [0.2, 0.25) is 0 Å². The van der Waals surface area contributed by atoms with Crippen LogP contribution in [0, 0.1) is 12.3 Å². The molecule has 3 nitrogen and oxygen atoms in total. The van der Waals surface area contributed by atoms with Gasteiger partial charge in [-0.3, -0.25) is 4.79 Å². The Hall–Kier alpha value is -1.87. The first-order chi connectivity index (χ1) is 9.90. The Morgan fingerprint density at radius 1 is 1.33 bits per heavy atom. The molecule has 2 N–H and O–H groups in total. The Morgan fingerprint density at radius 3 is 2.71 bits per heavy atom. The second-order valence-corrected chi connectivity index (χ2v) is 6.23. The maximum absolute atomic E-state index is 12.7. The number of aliphatic hydroxyl groups excluding tert-OH is 1. The molecule has 0 unspecified atom stereocenters. The van der Waals surface area contributed by atoms with Crippen molar-refractivity contribution in [1.29, 1.82) is 0 Å². The van der Waals surface area contributed by atoms with Crippen molar-refractivity contribution in [3.8, 4) is 5.75 Å². The van der Waals surface area contributed by atoms with Gasteiger partial charge in [0.15, 0.2) is 5.78 Å². The van der Waals surface area contributed by atoms with Gasteiger partial charge in [-0.05, 0) is 55.0 Å². The molecule has 0 heterocycles. The molecule has 0 radical (unpaired) electrons. The van der Waals surface area contributed by atoms with Crippen LogP contribution in [0.3, 0.4) is 0 Å². The highest BCUT2D eigenvalue weighted by molar-refractivity contribution is 6.09. The quantitative estimate of drug-likeness (QED) is 0.780. The molecule has 0 aromatic heterocycles. The van der Waals surface area contributed by atoms with Crippen LogP contribution < -0.4 is 0 Å². The zero-order valence-electron chi connectivity index (χ0n) is 12.4. The first-order valence-electron chi connectivity index (χ1n) is 7.30. The number of ketones is 1. The van der Waals surface area contributed by atoms with E-state index in [2.05, 4.69) is 6.58 Å². The molecule has 0 bridgehead atoms. The summed E-state index contributed by atoms with van der Waals surface area (Å²) in [4.78, 5) is 12.7. The van der Waals surface area contributed by atoms with Gasteiger partial charge in [-0.25, -0.2) is 0 Å². The zero-order valence-corrected chi connectivity index (χ0v) is 12.4. The number of Topliss-reactive ketones (excluding diaryl/α,β-unsaturated/α-hetero) is 1. The zero-order chi connectivity index (χ0) is 15.4. The fraction of sp³-hybridized carbons (Fsp3) is 0.389. The lowest BCUT2D eigenvalue weighted by Gasteiger charge is -2.39. The summed E-state index contributed by atoms with van der Waals surface area (Å²) in [6.45, 7) is 7.38. The third-order valence-electron chi connectivity index (χ3n) is 5.16. The standard InChI is InChI=1S/C18H20O3/c1-4-18(3)16(20)9-14-12-7-8-15(19)10(2)11(12)5-6-13(14)17(18)21/h4,7-8,16,19-20H,1,5-6,9H2,2-3H3/t16-,18-/m1/s1. The van der Waals surface area contributed by atoms with Crippen molar-refractivity contribution in [2.45, 2.75) is 39.2 Å². The summed E-state index contributed by atoms with van der Waals surface area (Å²) < 4.78 is 0. The highest BCUT2D eigenvalue weighted by atomic mass is 16.3. The van der Waals surface area contributed by atoms with Crippen LogP contribution in [0.15, 0.2) is 30.4 Å². The van der Waals surface area contributed by atoms with E-state index in [1.807, 2.05) is 13.0 Å². The van der Waals surface area contributed by atoms with Crippen LogP contribution in [0.1, 0.15) is 36.5 Å². The largest absolute Gasteiger partial charge is 0.508 e. The fourth-order valence-electron chi connectivity index (χ4n) is 3.51. The summed E-state index contributed by atoms with van der Waals surface area (Å²) in [5.41, 5.74) is 3.85. The van der Waals surface area contributed by atoms with Gasteiger partial charge >= 0.3 is 0 Å². The molecule has 2 aliphatic carbocycles. The maximum atomic E-state index is 12.7. The van der Waals surface area contributed by atoms with E-state index in [1.165, 1.54) is 0 Å². The van der Waals surface area contributed by atoms with Gasteiger partial charge in [-0.1, -0.05) is 12.1 Å². The number of hydrogen-bond donors (Lipinski definition) is 2. The Bertz CT molecular complexity index is 684. The minimum absolute atomic E-state index is 0.0115. The minimum atomic E-state index is -0.887. The van der Waals surface area contributed by atoms with Crippen LogP contribution >= 0.6 is 0 Å². The topological polar surface area (TPSA) is 57.5 Å². The van der Waals surface area contributed by atoms with E-state index in [9.17, 15) is 15.0 Å². The maximum Gasteiger partial charge on any atom is 0.171 e. The first-order valence-corrected chi connectivity index (χ1v) is 7.30. The number of benzene rings is 1. The summed E-state index contributed by atoms with van der Waals surface area (Å²) in [6.07, 6.45) is 2.70. The van der Waals surface area contributed by atoms with Gasteiger partial charge in [0, 0.05) is 12.0 Å². The van der Waals surface area contributed by atoms with Gasteiger partial charge in [-0.2, -0.15) is 0 Å². The molecule has 3 rings (SSSR count). The molecule has 0 aliphatic heterocycles. The smallest absolute Gasteiger partial charge is 0.171 e. The molecule has 0 saturated heterocycles. The number of carbonyl (C=O) groups is 1. The number of aromatic hydroxyl groups is 1. The lowest BCUT2D eigenvalue weighted by atomic mass is 9.65. The first kappa shape index (κ1) is 14.1. The Balaban J connectivity index is 2.20. The van der Waals surface area contributed by atoms with E-state index in [1.54, 1.807) is 19.1 Å². The predicted octanol–water partition coefficient (Wildman–Crippen LogP) is 2.93. The average molecular weight is 284 g/mol. The van der Waals surface area contributed by atoms with Crippen molar-refractivity contribution in [2.24, 2.45) is 5.41 Å². The molecule has 0 amide bonds. The van der Waals surface area contributed by atoms with Crippen molar-refractivity contribution in [3.63, 3.8) is 0 Å². The van der Waals surface area contributed by atoms with E-state index in [0.717, 1.165) is 34.3 Å². The van der Waals surface area contributed by atoms with Gasteiger partial charge in [0.05, 0.1) is 11.5 Å². The van der Waals surface area contributed by atoms with E-state index in [4.69, 9.17) is 0 Å². The fourth-order valence-corrected chi connectivity index (χ4v) is 3.51. The molecule has 0 spiro atoms. The molecule has 0 fully saturated rings. The molecular weight excluding hydrogens is 264 g/mol. The van der Waals surface area contributed by atoms with E-state index < -0.39 is 11.5 Å². The van der Waals surface area contributed by atoms with E-state index >= 15 is 0 Å². The SMILES string of the molecule is C=C[C@@]1(C)C(=O)C2=C(C[C@H]1O)c1ccc(O)c(C)c1CC2. The molecule has 3 heteroatoms. The van der Waals surface area contributed by atoms with Crippen molar-refractivity contribution in [3.05, 3.63) is 47.1 Å². The van der Waals surface area contributed by atoms with Gasteiger partial charge < -0.3 is 10.2 Å². The lowest BCUT2D eigenvalue weighted by molar-refractivity contribution is -0.127. The van der Waals surface area contributed by atoms with Crippen molar-refractivity contribution in [1.82, 2.24) is 0 Å². The summed E-state index contributed by atoms with van der Waals surface area (Å²) in [6, 6.07) is 3.53. The highest BCUT2D eigenvalue weighted by Gasteiger charge is 2.45. The summed E-state index contributed by atoms with van der Waals surface area (Å²) in [7, 11) is 0. The average Bonchev–Trinajstić information content (AvgIpc) is 2.48. The summed E-state index contributed by atoms with van der Waals surface area (Å²) in [5, 5.41) is 20.3. The number of rotatable bonds is 1. The molecule has 110 valence electrons. The number of carbonyl (C=O) groups excluding carboxylic acids is 1. The number of phenols is 1. The van der Waals surface area contributed by atoms with Crippen molar-refractivity contribution >= 4 is 11.4 Å². The van der Waals surface area contributed by atoms with Crippen LogP contribution in [0.4, 0.5) is 0 Å². The van der Waals surface area contributed by atoms with Gasteiger partial charge in [0.1, 0.15) is 5.75 Å². The number of aliphatic hydroxyl groups is 1. The van der Waals surface area contributed by atoms with Gasteiger partial charge in [-0.15, -0.1) is 6.58 Å². The Labute approximate surface area is 124 Å². The van der Waals surface area contributed by atoms with Gasteiger partial charge in [0.25, 0.3) is 0 Å². The normalized spacial score (nSPS) is 28.1. The third kappa shape index (κ3) is 1.80. The molecule has 21 heavy (non-hydrogen) atoms. The van der Waals surface area contributed by atoms with E-state index in [-0.39, 0.29) is 11.5 Å². The van der Waals surface area contributed by atoms with Crippen LogP contribution in [-0.2, 0) is 11.2 Å². The number of hydrogen-bond acceptors (Lipinski definition) is 3. The van der Waals surface area contributed by atoms with Crippen LogP contribution in [0.25, 0.3) is 5.57 Å². The molecule has 1 aromatic carbocycles. The predicted molar refractivity (Wildman–Crippen MR) is 82.0 cm³/mol. The monoisotopic (exact) mass is 284 g/mol. The Kier molecular flexibility index (Phi) is 3.06. The highest BCUT2D eigenvalue weighted by Crippen LogP contribution is 2.46. The molecule has 0 saturated carbocycles. The molecule has 2 aliphatic rings. The second-order valence-electron chi connectivity index (χ2n) is 6.23. The second kappa shape index (κ2) is 4.57. The molecule has 1 aromatic rings. The number of phenolic OH excluding ortho intramolecular Hbond substituents is 1.